The van der Waals surface area contributed by atoms with Crippen molar-refractivity contribution < 1.29 is 14.4 Å². The monoisotopic (exact) mass is 406 g/mol. The topological polar surface area (TPSA) is 81.8 Å². The van der Waals surface area contributed by atoms with Crippen LogP contribution in [-0.4, -0.2) is 43.9 Å². The molecule has 7 nitrogen and oxygen atoms in total. The van der Waals surface area contributed by atoms with Gasteiger partial charge in [-0.05, 0) is 61.7 Å². The standard InChI is InChI=1S/C23H26N4O3/c28-21(25-18-5-3-6-20(15-18)26-12-1-2-13-26)16-24-23(30)17-8-10-19(11-9-17)27-14-4-7-22(27)29/h3,5-6,8-11,15H,1-2,4,7,12-14,16H2,(H,24,30)(H,25,28). The van der Waals surface area contributed by atoms with Gasteiger partial charge in [-0.2, -0.15) is 0 Å². The van der Waals surface area contributed by atoms with Gasteiger partial charge in [0, 0.05) is 48.7 Å². The summed E-state index contributed by atoms with van der Waals surface area (Å²) in [6, 6.07) is 14.7. The van der Waals surface area contributed by atoms with Gasteiger partial charge in [0.15, 0.2) is 0 Å². The van der Waals surface area contributed by atoms with E-state index in [0.717, 1.165) is 36.6 Å². The van der Waals surface area contributed by atoms with Crippen LogP contribution in [0.3, 0.4) is 0 Å². The summed E-state index contributed by atoms with van der Waals surface area (Å²) in [6.45, 7) is 2.68. The molecule has 2 heterocycles. The number of anilines is 3. The van der Waals surface area contributed by atoms with Gasteiger partial charge in [-0.25, -0.2) is 0 Å². The Balaban J connectivity index is 1.29. The number of rotatable bonds is 6. The molecule has 0 saturated carbocycles. The highest BCUT2D eigenvalue weighted by atomic mass is 16.2. The Hall–Kier alpha value is -3.35. The fourth-order valence-corrected chi connectivity index (χ4v) is 3.94. The van der Waals surface area contributed by atoms with E-state index in [9.17, 15) is 14.4 Å². The molecule has 0 bridgehead atoms. The van der Waals surface area contributed by atoms with Crippen molar-refractivity contribution in [3.63, 3.8) is 0 Å². The molecule has 3 amide bonds. The summed E-state index contributed by atoms with van der Waals surface area (Å²) >= 11 is 0. The summed E-state index contributed by atoms with van der Waals surface area (Å²) < 4.78 is 0. The third kappa shape index (κ3) is 4.62. The summed E-state index contributed by atoms with van der Waals surface area (Å²) in [5.74, 6) is -0.492. The third-order valence-electron chi connectivity index (χ3n) is 5.53. The van der Waals surface area contributed by atoms with Crippen molar-refractivity contribution in [1.29, 1.82) is 0 Å². The fourth-order valence-electron chi connectivity index (χ4n) is 3.94. The molecule has 0 unspecified atom stereocenters. The lowest BCUT2D eigenvalue weighted by Crippen LogP contribution is -2.33. The van der Waals surface area contributed by atoms with Gasteiger partial charge in [0.2, 0.25) is 11.8 Å². The van der Waals surface area contributed by atoms with Crippen molar-refractivity contribution in [2.45, 2.75) is 25.7 Å². The van der Waals surface area contributed by atoms with Gasteiger partial charge in [-0.1, -0.05) is 6.07 Å². The second-order valence-corrected chi connectivity index (χ2v) is 7.67. The molecule has 2 aliphatic rings. The summed E-state index contributed by atoms with van der Waals surface area (Å²) in [6.07, 6.45) is 3.81. The molecule has 0 spiro atoms. The molecular weight excluding hydrogens is 380 g/mol. The quantitative estimate of drug-likeness (QED) is 0.773. The predicted octanol–water partition coefficient (Wildman–Crippen LogP) is 2.78. The lowest BCUT2D eigenvalue weighted by molar-refractivity contribution is -0.117. The van der Waals surface area contributed by atoms with Crippen LogP contribution in [-0.2, 0) is 9.59 Å². The number of nitrogens with one attached hydrogen (secondary N) is 2. The largest absolute Gasteiger partial charge is 0.371 e. The van der Waals surface area contributed by atoms with E-state index in [1.165, 1.54) is 12.8 Å². The van der Waals surface area contributed by atoms with Crippen LogP contribution in [0.1, 0.15) is 36.0 Å². The Morgan fingerprint density at radius 3 is 2.37 bits per heavy atom. The summed E-state index contributed by atoms with van der Waals surface area (Å²) in [5.41, 5.74) is 3.07. The number of nitrogens with zero attached hydrogens (tertiary/aromatic N) is 2. The van der Waals surface area contributed by atoms with Crippen LogP contribution in [0.4, 0.5) is 17.1 Å². The minimum atomic E-state index is -0.324. The molecule has 2 saturated heterocycles. The number of carbonyl (C=O) groups is 3. The average Bonchev–Trinajstić information content (AvgIpc) is 3.44. The second-order valence-electron chi connectivity index (χ2n) is 7.67. The van der Waals surface area contributed by atoms with Crippen LogP contribution in [0.2, 0.25) is 0 Å². The van der Waals surface area contributed by atoms with E-state index in [1.807, 2.05) is 24.3 Å². The Bertz CT molecular complexity index is 936. The maximum absolute atomic E-state index is 12.3. The normalized spacial score (nSPS) is 16.1. The van der Waals surface area contributed by atoms with Crippen LogP contribution in [0.5, 0.6) is 0 Å². The number of benzene rings is 2. The summed E-state index contributed by atoms with van der Waals surface area (Å²) in [5, 5.41) is 5.48. The molecule has 2 aliphatic heterocycles. The number of hydrogen-bond donors (Lipinski definition) is 2. The Kier molecular flexibility index (Phi) is 5.97. The molecule has 0 radical (unpaired) electrons. The van der Waals surface area contributed by atoms with E-state index in [-0.39, 0.29) is 24.3 Å². The molecule has 0 aromatic heterocycles. The van der Waals surface area contributed by atoms with Gasteiger partial charge >= 0.3 is 0 Å². The molecule has 7 heteroatoms. The summed E-state index contributed by atoms with van der Waals surface area (Å²) in [7, 11) is 0. The van der Waals surface area contributed by atoms with Crippen molar-refractivity contribution in [3.05, 3.63) is 54.1 Å². The predicted molar refractivity (Wildman–Crippen MR) is 117 cm³/mol. The van der Waals surface area contributed by atoms with Crippen LogP contribution in [0.25, 0.3) is 0 Å². The first kappa shape index (κ1) is 19.9. The molecule has 2 N–H and O–H groups in total. The van der Waals surface area contributed by atoms with E-state index in [0.29, 0.717) is 18.5 Å². The number of amides is 3. The van der Waals surface area contributed by atoms with E-state index < -0.39 is 0 Å². The molecule has 30 heavy (non-hydrogen) atoms. The average molecular weight is 406 g/mol. The molecule has 0 atom stereocenters. The van der Waals surface area contributed by atoms with E-state index >= 15 is 0 Å². The Morgan fingerprint density at radius 1 is 0.900 bits per heavy atom. The molecule has 2 aromatic carbocycles. The van der Waals surface area contributed by atoms with E-state index in [1.54, 1.807) is 29.2 Å². The molecular formula is C23H26N4O3. The van der Waals surface area contributed by atoms with Crippen LogP contribution < -0.4 is 20.4 Å². The van der Waals surface area contributed by atoms with Crippen molar-refractivity contribution in [2.24, 2.45) is 0 Å². The van der Waals surface area contributed by atoms with Gasteiger partial charge in [-0.3, -0.25) is 14.4 Å². The molecule has 2 fully saturated rings. The highest BCUT2D eigenvalue weighted by molar-refractivity contribution is 6.00. The maximum Gasteiger partial charge on any atom is 0.251 e. The van der Waals surface area contributed by atoms with Crippen LogP contribution >= 0.6 is 0 Å². The molecule has 156 valence electrons. The van der Waals surface area contributed by atoms with Gasteiger partial charge in [-0.15, -0.1) is 0 Å². The minimum Gasteiger partial charge on any atom is -0.371 e. The second kappa shape index (κ2) is 8.98. The SMILES string of the molecule is O=C(CNC(=O)c1ccc(N2CCCC2=O)cc1)Nc1cccc(N2CCCC2)c1. The third-order valence-corrected chi connectivity index (χ3v) is 5.53. The van der Waals surface area contributed by atoms with Crippen LogP contribution in [0.15, 0.2) is 48.5 Å². The highest BCUT2D eigenvalue weighted by Crippen LogP contribution is 2.23. The number of hydrogen-bond acceptors (Lipinski definition) is 4. The first-order valence-corrected chi connectivity index (χ1v) is 10.4. The van der Waals surface area contributed by atoms with Gasteiger partial charge in [0.1, 0.15) is 0 Å². The van der Waals surface area contributed by atoms with Crippen molar-refractivity contribution in [3.8, 4) is 0 Å². The lowest BCUT2D eigenvalue weighted by Gasteiger charge is -2.18. The molecule has 2 aromatic rings. The van der Waals surface area contributed by atoms with Gasteiger partial charge in [0.25, 0.3) is 5.91 Å². The maximum atomic E-state index is 12.3. The minimum absolute atomic E-state index is 0.109. The van der Waals surface area contributed by atoms with E-state index in [4.69, 9.17) is 0 Å². The van der Waals surface area contributed by atoms with Gasteiger partial charge in [0.05, 0.1) is 6.54 Å². The molecule has 4 rings (SSSR count). The van der Waals surface area contributed by atoms with Crippen molar-refractivity contribution in [1.82, 2.24) is 5.32 Å². The molecule has 0 aliphatic carbocycles. The smallest absolute Gasteiger partial charge is 0.251 e. The van der Waals surface area contributed by atoms with E-state index in [2.05, 4.69) is 15.5 Å². The lowest BCUT2D eigenvalue weighted by atomic mass is 10.2. The fraction of sp³-hybridized carbons (Fsp3) is 0.348. The summed E-state index contributed by atoms with van der Waals surface area (Å²) in [4.78, 5) is 40.5. The Morgan fingerprint density at radius 2 is 1.67 bits per heavy atom. The first-order chi connectivity index (χ1) is 14.6. The van der Waals surface area contributed by atoms with Gasteiger partial charge < -0.3 is 20.4 Å². The van der Waals surface area contributed by atoms with Crippen LogP contribution in [0, 0.1) is 0 Å². The zero-order valence-electron chi connectivity index (χ0n) is 16.9. The van der Waals surface area contributed by atoms with Crippen molar-refractivity contribution in [2.75, 3.05) is 41.3 Å². The number of carbonyl (C=O) groups excluding carboxylic acids is 3. The van der Waals surface area contributed by atoms with Crippen molar-refractivity contribution >= 4 is 34.8 Å². The zero-order chi connectivity index (χ0) is 20.9. The first-order valence-electron chi connectivity index (χ1n) is 10.4. The zero-order valence-corrected chi connectivity index (χ0v) is 16.9. The highest BCUT2D eigenvalue weighted by Gasteiger charge is 2.21. The Labute approximate surface area is 176 Å².